The van der Waals surface area contributed by atoms with Crippen molar-refractivity contribution in [1.29, 1.82) is 0 Å². The molecule has 3 rings (SSSR count). The SMILES string of the molecule is CCCCCCCCCCCCCCCCCCc1ccccc1C(N)(C1CC(C)CCC1C(C)C)C1CC(C)CCC1C(C)C.Cl. The van der Waals surface area contributed by atoms with Crippen LogP contribution >= 0.6 is 12.4 Å². The predicted octanol–water partition coefficient (Wildman–Crippen LogP) is 14.5. The van der Waals surface area contributed by atoms with Gasteiger partial charge in [-0.25, -0.2) is 0 Å². The zero-order chi connectivity index (χ0) is 33.4. The summed E-state index contributed by atoms with van der Waals surface area (Å²) in [4.78, 5) is 0. The Hall–Kier alpha value is -0.530. The Balaban J connectivity index is 0.00000768. The molecule has 47 heavy (non-hydrogen) atoms. The van der Waals surface area contributed by atoms with Crippen LogP contribution in [0.4, 0.5) is 0 Å². The average molecular weight is 673 g/mol. The van der Waals surface area contributed by atoms with Crippen LogP contribution in [0.3, 0.4) is 0 Å². The number of benzene rings is 1. The number of hydrogen-bond donors (Lipinski definition) is 1. The second-order valence-electron chi connectivity index (χ2n) is 17.5. The normalized spacial score (nSPS) is 26.3. The zero-order valence-corrected chi connectivity index (χ0v) is 33.5. The molecule has 0 heterocycles. The number of rotatable bonds is 22. The zero-order valence-electron chi connectivity index (χ0n) is 32.7. The fourth-order valence-electron chi connectivity index (χ4n) is 10.2. The fourth-order valence-corrected chi connectivity index (χ4v) is 10.2. The molecule has 2 fully saturated rings. The lowest BCUT2D eigenvalue weighted by atomic mass is 9.51. The quantitative estimate of drug-likeness (QED) is 0.122. The summed E-state index contributed by atoms with van der Waals surface area (Å²) in [6.45, 7) is 17.3. The van der Waals surface area contributed by atoms with E-state index in [1.54, 1.807) is 11.1 Å². The van der Waals surface area contributed by atoms with Gasteiger partial charge in [0.25, 0.3) is 0 Å². The predicted molar refractivity (Wildman–Crippen MR) is 212 cm³/mol. The molecule has 1 nitrogen and oxygen atoms in total. The van der Waals surface area contributed by atoms with Crippen molar-refractivity contribution in [3.63, 3.8) is 0 Å². The second-order valence-corrected chi connectivity index (χ2v) is 17.5. The highest BCUT2D eigenvalue weighted by Gasteiger charge is 2.53. The first-order chi connectivity index (χ1) is 22.2. The summed E-state index contributed by atoms with van der Waals surface area (Å²) >= 11 is 0. The van der Waals surface area contributed by atoms with Gasteiger partial charge < -0.3 is 5.73 Å². The van der Waals surface area contributed by atoms with Gasteiger partial charge in [0.2, 0.25) is 0 Å². The Morgan fingerprint density at radius 2 is 0.979 bits per heavy atom. The minimum atomic E-state index is -0.223. The molecule has 2 N–H and O–H groups in total. The van der Waals surface area contributed by atoms with Crippen molar-refractivity contribution in [2.75, 3.05) is 0 Å². The van der Waals surface area contributed by atoms with Crippen LogP contribution in [0.2, 0.25) is 0 Å². The van der Waals surface area contributed by atoms with Crippen LogP contribution in [-0.4, -0.2) is 0 Å². The highest BCUT2D eigenvalue weighted by molar-refractivity contribution is 5.85. The number of hydrogen-bond acceptors (Lipinski definition) is 1. The van der Waals surface area contributed by atoms with Crippen molar-refractivity contribution in [2.24, 2.45) is 53.1 Å². The van der Waals surface area contributed by atoms with Gasteiger partial charge in [-0.1, -0.05) is 182 Å². The minimum absolute atomic E-state index is 0. The van der Waals surface area contributed by atoms with Crippen molar-refractivity contribution in [1.82, 2.24) is 0 Å². The van der Waals surface area contributed by atoms with E-state index >= 15 is 0 Å². The van der Waals surface area contributed by atoms with E-state index in [9.17, 15) is 0 Å². The minimum Gasteiger partial charge on any atom is -0.321 e. The third-order valence-electron chi connectivity index (χ3n) is 13.1. The smallest absolute Gasteiger partial charge is 0.0475 e. The Morgan fingerprint density at radius 1 is 0.596 bits per heavy atom. The van der Waals surface area contributed by atoms with Crippen LogP contribution in [0.5, 0.6) is 0 Å². The van der Waals surface area contributed by atoms with E-state index in [4.69, 9.17) is 5.73 Å². The standard InChI is InChI=1S/C45H81N.ClH/c1-8-9-10-11-12-13-14-15-16-17-18-19-20-21-22-23-26-39-27-24-25-28-42(39)45(46,43-33-37(6)29-31-40(43)35(2)3)44-34-38(7)30-32-41(44)36(4)5;/h24-25,27-28,35-38,40-41,43-44H,8-23,26,29-34,46H2,1-7H3;1H. The number of nitrogens with two attached hydrogens (primary N) is 1. The molecule has 1 aromatic rings. The lowest BCUT2D eigenvalue weighted by Crippen LogP contribution is -2.58. The molecule has 2 aliphatic carbocycles. The average Bonchev–Trinajstić information content (AvgIpc) is 3.04. The lowest BCUT2D eigenvalue weighted by Gasteiger charge is -2.56. The largest absolute Gasteiger partial charge is 0.321 e. The van der Waals surface area contributed by atoms with Crippen molar-refractivity contribution in [3.8, 4) is 0 Å². The molecule has 0 amide bonds. The van der Waals surface area contributed by atoms with Gasteiger partial charge in [-0.05, 0) is 97.0 Å². The van der Waals surface area contributed by atoms with Gasteiger partial charge in [-0.3, -0.25) is 0 Å². The lowest BCUT2D eigenvalue weighted by molar-refractivity contribution is -0.0188. The number of halogens is 1. The summed E-state index contributed by atoms with van der Waals surface area (Å²) < 4.78 is 0. The second kappa shape index (κ2) is 23.0. The molecular weight excluding hydrogens is 590 g/mol. The van der Waals surface area contributed by atoms with Crippen LogP contribution in [0.1, 0.15) is 201 Å². The summed E-state index contributed by atoms with van der Waals surface area (Å²) in [6.07, 6.45) is 32.2. The fraction of sp³-hybridized carbons (Fsp3) is 0.867. The molecule has 0 saturated heterocycles. The van der Waals surface area contributed by atoms with Crippen LogP contribution in [0, 0.1) is 47.3 Å². The number of unbranched alkanes of at least 4 members (excludes halogenated alkanes) is 15. The Labute approximate surface area is 301 Å². The molecule has 0 bridgehead atoms. The third kappa shape index (κ3) is 13.3. The molecule has 2 aliphatic rings. The summed E-state index contributed by atoms with van der Waals surface area (Å²) in [7, 11) is 0. The maximum atomic E-state index is 8.21. The molecule has 2 saturated carbocycles. The number of aryl methyl sites for hydroxylation is 1. The van der Waals surface area contributed by atoms with Gasteiger partial charge in [0, 0.05) is 5.54 Å². The van der Waals surface area contributed by atoms with E-state index in [1.807, 2.05) is 0 Å². The van der Waals surface area contributed by atoms with E-state index in [2.05, 4.69) is 72.7 Å². The van der Waals surface area contributed by atoms with E-state index in [1.165, 1.54) is 148 Å². The van der Waals surface area contributed by atoms with Crippen LogP contribution in [0.25, 0.3) is 0 Å². The van der Waals surface area contributed by atoms with Gasteiger partial charge in [0.1, 0.15) is 0 Å². The summed E-state index contributed by atoms with van der Waals surface area (Å²) in [5.74, 6) is 5.60. The molecule has 274 valence electrons. The summed E-state index contributed by atoms with van der Waals surface area (Å²) in [6, 6.07) is 9.59. The van der Waals surface area contributed by atoms with Crippen molar-refractivity contribution in [2.45, 2.75) is 202 Å². The monoisotopic (exact) mass is 672 g/mol. The van der Waals surface area contributed by atoms with Crippen molar-refractivity contribution < 1.29 is 0 Å². The van der Waals surface area contributed by atoms with E-state index in [0.29, 0.717) is 23.7 Å². The molecule has 0 aliphatic heterocycles. The van der Waals surface area contributed by atoms with E-state index < -0.39 is 0 Å². The highest BCUT2D eigenvalue weighted by atomic mass is 35.5. The Morgan fingerprint density at radius 3 is 1.38 bits per heavy atom. The van der Waals surface area contributed by atoms with Gasteiger partial charge in [-0.2, -0.15) is 0 Å². The van der Waals surface area contributed by atoms with E-state index in [0.717, 1.165) is 23.7 Å². The summed E-state index contributed by atoms with van der Waals surface area (Å²) in [5.41, 5.74) is 11.1. The summed E-state index contributed by atoms with van der Waals surface area (Å²) in [5, 5.41) is 0. The van der Waals surface area contributed by atoms with Crippen LogP contribution < -0.4 is 5.73 Å². The Bertz CT molecular complexity index is 890. The maximum absolute atomic E-state index is 8.21. The molecule has 1 aromatic carbocycles. The first kappa shape index (κ1) is 42.6. The molecule has 0 aromatic heterocycles. The van der Waals surface area contributed by atoms with Crippen LogP contribution in [-0.2, 0) is 12.0 Å². The third-order valence-corrected chi connectivity index (χ3v) is 13.1. The molecular formula is C45H82ClN. The van der Waals surface area contributed by atoms with Crippen molar-refractivity contribution >= 4 is 12.4 Å². The van der Waals surface area contributed by atoms with Gasteiger partial charge >= 0.3 is 0 Å². The first-order valence-electron chi connectivity index (χ1n) is 21.1. The van der Waals surface area contributed by atoms with Crippen LogP contribution in [0.15, 0.2) is 24.3 Å². The highest BCUT2D eigenvalue weighted by Crippen LogP contribution is 2.55. The maximum Gasteiger partial charge on any atom is 0.0475 e. The Kier molecular flexibility index (Phi) is 20.9. The van der Waals surface area contributed by atoms with Gasteiger partial charge in [0.05, 0.1) is 0 Å². The first-order valence-corrected chi connectivity index (χ1v) is 21.1. The van der Waals surface area contributed by atoms with Gasteiger partial charge in [-0.15, -0.1) is 12.4 Å². The topological polar surface area (TPSA) is 26.0 Å². The molecule has 6 unspecified atom stereocenters. The van der Waals surface area contributed by atoms with Crippen molar-refractivity contribution in [3.05, 3.63) is 35.4 Å². The molecule has 6 atom stereocenters. The van der Waals surface area contributed by atoms with Gasteiger partial charge in [0.15, 0.2) is 0 Å². The molecule has 0 radical (unpaired) electrons. The molecule has 0 spiro atoms. The van der Waals surface area contributed by atoms with E-state index in [-0.39, 0.29) is 17.9 Å². The molecule has 2 heteroatoms.